The lowest BCUT2D eigenvalue weighted by Gasteiger charge is -2.27. The van der Waals surface area contributed by atoms with Crippen molar-refractivity contribution in [3.05, 3.63) is 35.4 Å². The Balaban J connectivity index is 1.68. The number of benzene rings is 1. The molecule has 1 aromatic carbocycles. The first kappa shape index (κ1) is 11.3. The second kappa shape index (κ2) is 4.44. The predicted octanol–water partition coefficient (Wildman–Crippen LogP) is 0.964. The molecule has 3 rings (SSSR count). The molecular weight excluding hydrogens is 228 g/mol. The standard InChI is InChI=1S/C14H16N2O2/c17-13(15-11-5-6-11)9-16-8-7-10-3-1-2-4-12(10)14(16)18/h1-4,11H,5-9H2,(H,15,17). The third-order valence-electron chi connectivity index (χ3n) is 3.46. The summed E-state index contributed by atoms with van der Waals surface area (Å²) in [5.41, 5.74) is 1.82. The Bertz CT molecular complexity index is 494. The van der Waals surface area contributed by atoms with E-state index in [1.807, 2.05) is 24.3 Å². The second-order valence-corrected chi connectivity index (χ2v) is 4.98. The van der Waals surface area contributed by atoms with Crippen LogP contribution >= 0.6 is 0 Å². The molecule has 1 aromatic rings. The minimum atomic E-state index is -0.0368. The molecule has 1 N–H and O–H groups in total. The smallest absolute Gasteiger partial charge is 0.254 e. The SMILES string of the molecule is O=C(CN1CCc2ccccc2C1=O)NC1CC1. The summed E-state index contributed by atoms with van der Waals surface area (Å²) in [4.78, 5) is 25.6. The van der Waals surface area contributed by atoms with Gasteiger partial charge in [-0.15, -0.1) is 0 Å². The summed E-state index contributed by atoms with van der Waals surface area (Å²) in [7, 11) is 0. The molecule has 0 unspecified atom stereocenters. The van der Waals surface area contributed by atoms with Crippen LogP contribution in [0.5, 0.6) is 0 Å². The lowest BCUT2D eigenvalue weighted by molar-refractivity contribution is -0.122. The third kappa shape index (κ3) is 2.23. The van der Waals surface area contributed by atoms with Crippen LogP contribution in [0.3, 0.4) is 0 Å². The van der Waals surface area contributed by atoms with Gasteiger partial charge in [-0.1, -0.05) is 18.2 Å². The zero-order chi connectivity index (χ0) is 12.5. The summed E-state index contributed by atoms with van der Waals surface area (Å²) in [5.74, 6) is -0.0620. The van der Waals surface area contributed by atoms with Crippen LogP contribution in [0, 0.1) is 0 Å². The van der Waals surface area contributed by atoms with Crippen LogP contribution in [-0.2, 0) is 11.2 Å². The highest BCUT2D eigenvalue weighted by Gasteiger charge is 2.28. The van der Waals surface area contributed by atoms with Gasteiger partial charge in [-0.05, 0) is 30.9 Å². The van der Waals surface area contributed by atoms with E-state index in [2.05, 4.69) is 5.32 Å². The Morgan fingerprint density at radius 2 is 2.11 bits per heavy atom. The minimum absolute atomic E-state index is 0.0252. The normalized spacial score (nSPS) is 18.4. The third-order valence-corrected chi connectivity index (χ3v) is 3.46. The maximum Gasteiger partial charge on any atom is 0.254 e. The monoisotopic (exact) mass is 244 g/mol. The van der Waals surface area contributed by atoms with Gasteiger partial charge >= 0.3 is 0 Å². The maximum atomic E-state index is 12.2. The van der Waals surface area contributed by atoms with Crippen LogP contribution < -0.4 is 5.32 Å². The fourth-order valence-corrected chi connectivity index (χ4v) is 2.30. The maximum absolute atomic E-state index is 12.2. The van der Waals surface area contributed by atoms with Gasteiger partial charge < -0.3 is 10.2 Å². The van der Waals surface area contributed by atoms with Crippen molar-refractivity contribution in [1.29, 1.82) is 0 Å². The molecule has 1 aliphatic carbocycles. The molecule has 18 heavy (non-hydrogen) atoms. The molecular formula is C14H16N2O2. The van der Waals surface area contributed by atoms with Crippen molar-refractivity contribution in [2.24, 2.45) is 0 Å². The predicted molar refractivity (Wildman–Crippen MR) is 67.2 cm³/mol. The molecule has 0 spiro atoms. The van der Waals surface area contributed by atoms with Gasteiger partial charge in [0, 0.05) is 18.2 Å². The van der Waals surface area contributed by atoms with Crippen molar-refractivity contribution in [2.45, 2.75) is 25.3 Å². The Hall–Kier alpha value is -1.84. The van der Waals surface area contributed by atoms with Crippen molar-refractivity contribution in [3.63, 3.8) is 0 Å². The molecule has 0 saturated heterocycles. The number of carbonyl (C=O) groups excluding carboxylic acids is 2. The van der Waals surface area contributed by atoms with E-state index in [-0.39, 0.29) is 18.4 Å². The molecule has 4 nitrogen and oxygen atoms in total. The number of nitrogens with one attached hydrogen (secondary N) is 1. The number of fused-ring (bicyclic) bond motifs is 1. The fraction of sp³-hybridized carbons (Fsp3) is 0.429. The molecule has 4 heteroatoms. The van der Waals surface area contributed by atoms with Crippen LogP contribution in [0.4, 0.5) is 0 Å². The summed E-state index contributed by atoms with van der Waals surface area (Å²) in [6.07, 6.45) is 2.98. The highest BCUT2D eigenvalue weighted by Crippen LogP contribution is 2.20. The summed E-state index contributed by atoms with van der Waals surface area (Å²) in [5, 5.41) is 2.91. The Morgan fingerprint density at radius 1 is 1.33 bits per heavy atom. The van der Waals surface area contributed by atoms with Crippen LogP contribution in [-0.4, -0.2) is 35.8 Å². The molecule has 1 fully saturated rings. The van der Waals surface area contributed by atoms with E-state index in [0.29, 0.717) is 12.6 Å². The van der Waals surface area contributed by atoms with Crippen LogP contribution in [0.25, 0.3) is 0 Å². The lowest BCUT2D eigenvalue weighted by atomic mass is 9.99. The van der Waals surface area contributed by atoms with E-state index in [4.69, 9.17) is 0 Å². The number of carbonyl (C=O) groups is 2. The minimum Gasteiger partial charge on any atom is -0.352 e. The molecule has 0 radical (unpaired) electrons. The van der Waals surface area contributed by atoms with Crippen molar-refractivity contribution in [3.8, 4) is 0 Å². The first-order valence-electron chi connectivity index (χ1n) is 6.40. The molecule has 2 aliphatic rings. The average Bonchev–Trinajstić information content (AvgIpc) is 3.17. The van der Waals surface area contributed by atoms with Gasteiger partial charge in [-0.2, -0.15) is 0 Å². The summed E-state index contributed by atoms with van der Waals surface area (Å²) < 4.78 is 0. The van der Waals surface area contributed by atoms with Gasteiger partial charge in [-0.3, -0.25) is 9.59 Å². The molecule has 0 atom stereocenters. The number of nitrogens with zero attached hydrogens (tertiary/aromatic N) is 1. The van der Waals surface area contributed by atoms with Crippen molar-refractivity contribution < 1.29 is 9.59 Å². The number of hydrogen-bond acceptors (Lipinski definition) is 2. The Labute approximate surface area is 106 Å². The lowest BCUT2D eigenvalue weighted by Crippen LogP contribution is -2.44. The summed E-state index contributed by atoms with van der Waals surface area (Å²) >= 11 is 0. The topological polar surface area (TPSA) is 49.4 Å². The van der Waals surface area contributed by atoms with Crippen LogP contribution in [0.2, 0.25) is 0 Å². The molecule has 0 bridgehead atoms. The Kier molecular flexibility index (Phi) is 2.78. The molecule has 1 saturated carbocycles. The van der Waals surface area contributed by atoms with Crippen molar-refractivity contribution in [2.75, 3.05) is 13.1 Å². The fourth-order valence-electron chi connectivity index (χ4n) is 2.30. The van der Waals surface area contributed by atoms with Gasteiger partial charge in [0.25, 0.3) is 5.91 Å². The highest BCUT2D eigenvalue weighted by molar-refractivity contribution is 5.98. The zero-order valence-corrected chi connectivity index (χ0v) is 10.2. The molecule has 0 aromatic heterocycles. The molecule has 2 amide bonds. The number of rotatable bonds is 3. The summed E-state index contributed by atoms with van der Waals surface area (Å²) in [6.45, 7) is 0.817. The first-order valence-corrected chi connectivity index (χ1v) is 6.40. The summed E-state index contributed by atoms with van der Waals surface area (Å²) in [6, 6.07) is 7.98. The van der Waals surface area contributed by atoms with E-state index in [9.17, 15) is 9.59 Å². The highest BCUT2D eigenvalue weighted by atomic mass is 16.2. The molecule has 1 heterocycles. The largest absolute Gasteiger partial charge is 0.352 e. The van der Waals surface area contributed by atoms with Crippen molar-refractivity contribution >= 4 is 11.8 Å². The van der Waals surface area contributed by atoms with E-state index in [1.165, 1.54) is 0 Å². The van der Waals surface area contributed by atoms with Gasteiger partial charge in [0.05, 0.1) is 6.54 Å². The first-order chi connectivity index (χ1) is 8.74. The zero-order valence-electron chi connectivity index (χ0n) is 10.2. The number of amides is 2. The Morgan fingerprint density at radius 3 is 2.89 bits per heavy atom. The van der Waals surface area contributed by atoms with E-state index in [1.54, 1.807) is 4.90 Å². The van der Waals surface area contributed by atoms with Crippen LogP contribution in [0.15, 0.2) is 24.3 Å². The van der Waals surface area contributed by atoms with Crippen molar-refractivity contribution in [1.82, 2.24) is 10.2 Å². The number of hydrogen-bond donors (Lipinski definition) is 1. The molecule has 94 valence electrons. The van der Waals surface area contributed by atoms with Gasteiger partial charge in [-0.25, -0.2) is 0 Å². The van der Waals surface area contributed by atoms with Gasteiger partial charge in [0.1, 0.15) is 0 Å². The van der Waals surface area contributed by atoms with E-state index in [0.717, 1.165) is 30.4 Å². The quantitative estimate of drug-likeness (QED) is 0.861. The van der Waals surface area contributed by atoms with Gasteiger partial charge in [0.15, 0.2) is 0 Å². The second-order valence-electron chi connectivity index (χ2n) is 4.98. The van der Waals surface area contributed by atoms with Crippen LogP contribution in [0.1, 0.15) is 28.8 Å². The average molecular weight is 244 g/mol. The van der Waals surface area contributed by atoms with Gasteiger partial charge in [0.2, 0.25) is 5.91 Å². The molecule has 1 aliphatic heterocycles. The van der Waals surface area contributed by atoms with E-state index < -0.39 is 0 Å². The van der Waals surface area contributed by atoms with E-state index >= 15 is 0 Å².